The van der Waals surface area contributed by atoms with Crippen LogP contribution in [0.2, 0.25) is 0 Å². The number of aromatic nitrogens is 1. The van der Waals surface area contributed by atoms with E-state index in [2.05, 4.69) is 57.4 Å². The van der Waals surface area contributed by atoms with Crippen molar-refractivity contribution >= 4 is 22.7 Å². The summed E-state index contributed by atoms with van der Waals surface area (Å²) in [5.41, 5.74) is 1.33. The Morgan fingerprint density at radius 3 is 2.65 bits per heavy atom. The van der Waals surface area contributed by atoms with Crippen LogP contribution in [-0.4, -0.2) is 11.0 Å². The Bertz CT molecular complexity index is 535. The van der Waals surface area contributed by atoms with Crippen LogP contribution in [0.4, 0.5) is 0 Å². The molecule has 0 saturated carbocycles. The molecule has 1 atom stereocenters. The second-order valence-electron chi connectivity index (χ2n) is 6.21. The van der Waals surface area contributed by atoms with Crippen molar-refractivity contribution in [3.05, 3.63) is 28.1 Å². The quantitative estimate of drug-likeness (QED) is 0.835. The van der Waals surface area contributed by atoms with E-state index in [4.69, 9.17) is 4.98 Å². The van der Waals surface area contributed by atoms with Crippen molar-refractivity contribution in [1.29, 1.82) is 0 Å². The molecule has 110 valence electrons. The highest BCUT2D eigenvalue weighted by molar-refractivity contribution is 7.21. The molecule has 2 heterocycles. The van der Waals surface area contributed by atoms with Crippen LogP contribution >= 0.6 is 22.7 Å². The third-order valence-electron chi connectivity index (χ3n) is 3.36. The fourth-order valence-corrected chi connectivity index (χ4v) is 3.99. The van der Waals surface area contributed by atoms with Gasteiger partial charge in [-0.1, -0.05) is 33.8 Å². The molecule has 0 bridgehead atoms. The number of thiazole rings is 1. The van der Waals surface area contributed by atoms with Gasteiger partial charge in [0.15, 0.2) is 0 Å². The summed E-state index contributed by atoms with van der Waals surface area (Å²) < 4.78 is 0. The first-order chi connectivity index (χ1) is 9.41. The molecular weight excluding hydrogens is 284 g/mol. The first-order valence-electron chi connectivity index (χ1n) is 7.19. The Morgan fingerprint density at radius 2 is 2.10 bits per heavy atom. The fraction of sp³-hybridized carbons (Fsp3) is 0.562. The van der Waals surface area contributed by atoms with Gasteiger partial charge in [-0.05, 0) is 24.8 Å². The molecule has 0 radical (unpaired) electrons. The number of hydrogen-bond acceptors (Lipinski definition) is 4. The molecule has 1 unspecified atom stereocenters. The number of hydrogen-bond donors (Lipinski definition) is 1. The van der Waals surface area contributed by atoms with Gasteiger partial charge in [0.05, 0.1) is 10.6 Å². The minimum atomic E-state index is 0.0957. The van der Waals surface area contributed by atoms with Crippen LogP contribution in [0.3, 0.4) is 0 Å². The van der Waals surface area contributed by atoms with Gasteiger partial charge in [-0.15, -0.1) is 22.7 Å². The summed E-state index contributed by atoms with van der Waals surface area (Å²) in [6.45, 7) is 12.1. The summed E-state index contributed by atoms with van der Waals surface area (Å²) in [7, 11) is 0. The van der Waals surface area contributed by atoms with Gasteiger partial charge < -0.3 is 5.32 Å². The van der Waals surface area contributed by atoms with Crippen LogP contribution < -0.4 is 5.32 Å². The molecule has 1 N–H and O–H groups in total. The monoisotopic (exact) mass is 308 g/mol. The lowest BCUT2D eigenvalue weighted by Gasteiger charge is -2.18. The highest BCUT2D eigenvalue weighted by atomic mass is 32.1. The Labute approximate surface area is 130 Å². The number of rotatable bonds is 5. The molecule has 0 aliphatic rings. The van der Waals surface area contributed by atoms with Gasteiger partial charge in [-0.25, -0.2) is 4.98 Å². The maximum atomic E-state index is 4.92. The molecule has 0 aromatic carbocycles. The number of nitrogens with zero attached hydrogens (tertiary/aromatic N) is 1. The highest BCUT2D eigenvalue weighted by Gasteiger charge is 2.23. The minimum Gasteiger partial charge on any atom is -0.309 e. The number of nitrogens with one attached hydrogen (secondary N) is 1. The molecule has 0 amide bonds. The molecule has 4 heteroatoms. The molecule has 2 nitrogen and oxygen atoms in total. The van der Waals surface area contributed by atoms with Crippen LogP contribution in [0.25, 0.3) is 9.88 Å². The Kier molecular flexibility index (Phi) is 4.99. The largest absolute Gasteiger partial charge is 0.309 e. The number of thiophene rings is 1. The lowest BCUT2D eigenvalue weighted by atomic mass is 9.91. The van der Waals surface area contributed by atoms with E-state index >= 15 is 0 Å². The van der Waals surface area contributed by atoms with Crippen LogP contribution in [0.1, 0.15) is 51.6 Å². The van der Waals surface area contributed by atoms with E-state index in [1.165, 1.54) is 15.4 Å². The predicted molar refractivity (Wildman–Crippen MR) is 90.7 cm³/mol. The first-order valence-corrected chi connectivity index (χ1v) is 8.89. The minimum absolute atomic E-state index is 0.0957. The van der Waals surface area contributed by atoms with Gasteiger partial charge in [0, 0.05) is 22.9 Å². The molecule has 0 aliphatic heterocycles. The SMILES string of the molecule is CCC(C)NCc1sc(-c2cccs2)nc1C(C)(C)C. The smallest absolute Gasteiger partial charge is 0.133 e. The highest BCUT2D eigenvalue weighted by Crippen LogP contribution is 2.36. The van der Waals surface area contributed by atoms with Crippen molar-refractivity contribution in [2.45, 2.75) is 59.0 Å². The molecular formula is C16H24N2S2. The maximum absolute atomic E-state index is 4.92. The Hall–Kier alpha value is -0.710. The normalized spacial score (nSPS) is 13.7. The van der Waals surface area contributed by atoms with Crippen LogP contribution in [0, 0.1) is 0 Å². The van der Waals surface area contributed by atoms with Crippen molar-refractivity contribution < 1.29 is 0 Å². The first kappa shape index (κ1) is 15.7. The second-order valence-corrected chi connectivity index (χ2v) is 8.24. The summed E-state index contributed by atoms with van der Waals surface area (Å²) >= 11 is 3.60. The Morgan fingerprint density at radius 1 is 1.35 bits per heavy atom. The van der Waals surface area contributed by atoms with Crippen LogP contribution in [0.15, 0.2) is 17.5 Å². The zero-order valence-corrected chi connectivity index (χ0v) is 14.6. The molecule has 2 rings (SSSR count). The molecule has 0 spiro atoms. The lowest BCUT2D eigenvalue weighted by Crippen LogP contribution is -2.25. The van der Waals surface area contributed by atoms with Gasteiger partial charge in [-0.2, -0.15) is 0 Å². The third-order valence-corrected chi connectivity index (χ3v) is 5.46. The van der Waals surface area contributed by atoms with E-state index in [9.17, 15) is 0 Å². The Balaban J connectivity index is 2.29. The maximum Gasteiger partial charge on any atom is 0.133 e. The topological polar surface area (TPSA) is 24.9 Å². The van der Waals surface area contributed by atoms with E-state index in [1.54, 1.807) is 11.3 Å². The zero-order valence-electron chi connectivity index (χ0n) is 13.0. The van der Waals surface area contributed by atoms with E-state index in [0.717, 1.165) is 18.0 Å². The summed E-state index contributed by atoms with van der Waals surface area (Å²) in [6, 6.07) is 4.80. The van der Waals surface area contributed by atoms with E-state index in [1.807, 2.05) is 11.3 Å². The fourth-order valence-electron chi connectivity index (χ4n) is 1.97. The van der Waals surface area contributed by atoms with Crippen LogP contribution in [0.5, 0.6) is 0 Å². The van der Waals surface area contributed by atoms with Gasteiger partial charge in [0.1, 0.15) is 5.01 Å². The third kappa shape index (κ3) is 3.68. The van der Waals surface area contributed by atoms with Crippen molar-refractivity contribution in [3.63, 3.8) is 0 Å². The van der Waals surface area contributed by atoms with Crippen molar-refractivity contribution in [3.8, 4) is 9.88 Å². The molecule has 20 heavy (non-hydrogen) atoms. The average Bonchev–Trinajstić information content (AvgIpc) is 3.03. The predicted octanol–water partition coefficient (Wildman–Crippen LogP) is 5.06. The van der Waals surface area contributed by atoms with Crippen molar-refractivity contribution in [2.24, 2.45) is 0 Å². The summed E-state index contributed by atoms with van der Waals surface area (Å²) in [6.07, 6.45) is 1.15. The molecule has 2 aromatic rings. The summed E-state index contributed by atoms with van der Waals surface area (Å²) in [5, 5.41) is 6.87. The standard InChI is InChI=1S/C16H24N2S2/c1-6-11(2)17-10-13-14(16(3,4)5)18-15(20-13)12-8-7-9-19-12/h7-9,11,17H,6,10H2,1-5H3. The molecule has 2 aromatic heterocycles. The van der Waals surface area contributed by atoms with E-state index in [-0.39, 0.29) is 5.41 Å². The molecule has 0 saturated heterocycles. The zero-order chi connectivity index (χ0) is 14.8. The average molecular weight is 309 g/mol. The van der Waals surface area contributed by atoms with E-state index < -0.39 is 0 Å². The summed E-state index contributed by atoms with van der Waals surface area (Å²) in [4.78, 5) is 7.57. The summed E-state index contributed by atoms with van der Waals surface area (Å²) in [5.74, 6) is 0. The molecule has 0 fully saturated rings. The van der Waals surface area contributed by atoms with Gasteiger partial charge >= 0.3 is 0 Å². The van der Waals surface area contributed by atoms with Gasteiger partial charge in [0.2, 0.25) is 0 Å². The molecule has 0 aliphatic carbocycles. The van der Waals surface area contributed by atoms with Gasteiger partial charge in [0.25, 0.3) is 0 Å². The second kappa shape index (κ2) is 6.37. The van der Waals surface area contributed by atoms with E-state index in [0.29, 0.717) is 6.04 Å². The van der Waals surface area contributed by atoms with Crippen LogP contribution in [-0.2, 0) is 12.0 Å². The van der Waals surface area contributed by atoms with Crippen molar-refractivity contribution in [1.82, 2.24) is 10.3 Å². The van der Waals surface area contributed by atoms with Crippen molar-refractivity contribution in [2.75, 3.05) is 0 Å². The lowest BCUT2D eigenvalue weighted by molar-refractivity contribution is 0.520. The van der Waals surface area contributed by atoms with Gasteiger partial charge in [-0.3, -0.25) is 0 Å².